The molecule has 0 atom stereocenters. The van der Waals surface area contributed by atoms with Gasteiger partial charge in [-0.15, -0.1) is 0 Å². The van der Waals surface area contributed by atoms with E-state index >= 15 is 0 Å². The number of nitrogens with one attached hydrogen (secondary N) is 1. The lowest BCUT2D eigenvalue weighted by Gasteiger charge is -2.19. The normalized spacial score (nSPS) is 12.0. The van der Waals surface area contributed by atoms with Gasteiger partial charge >= 0.3 is 6.18 Å². The van der Waals surface area contributed by atoms with Crippen molar-refractivity contribution in [2.45, 2.75) is 26.1 Å². The van der Waals surface area contributed by atoms with Gasteiger partial charge in [0, 0.05) is 36.9 Å². The topological polar surface area (TPSA) is 67.2 Å². The molecule has 0 bridgehead atoms. The van der Waals surface area contributed by atoms with Crippen molar-refractivity contribution in [1.29, 1.82) is 0 Å². The second-order valence-corrected chi connectivity index (χ2v) is 8.12. The summed E-state index contributed by atoms with van der Waals surface area (Å²) in [5, 5.41) is 3.71. The molecule has 1 aromatic carbocycles. The maximum Gasteiger partial charge on any atom is 0.433 e. The van der Waals surface area contributed by atoms with Crippen molar-refractivity contribution >= 4 is 41.2 Å². The molecule has 1 aromatic heterocycles. The van der Waals surface area contributed by atoms with E-state index in [1.165, 1.54) is 12.1 Å². The van der Waals surface area contributed by atoms with Crippen molar-refractivity contribution in [1.82, 2.24) is 18.8 Å². The Kier molecular flexibility index (Phi) is 7.26. The van der Waals surface area contributed by atoms with Gasteiger partial charge in [0.05, 0.1) is 15.6 Å². The number of amides is 1. The minimum absolute atomic E-state index is 0.000487. The highest BCUT2D eigenvalue weighted by Crippen LogP contribution is 2.32. The summed E-state index contributed by atoms with van der Waals surface area (Å²) in [5.74, 6) is -0.561. The predicted molar refractivity (Wildman–Crippen MR) is 108 cm³/mol. The van der Waals surface area contributed by atoms with Gasteiger partial charge in [0.15, 0.2) is 0 Å². The third-order valence-electron chi connectivity index (χ3n) is 3.96. The largest absolute Gasteiger partial charge is 0.433 e. The van der Waals surface area contributed by atoms with E-state index in [2.05, 4.69) is 9.82 Å². The first-order valence-electron chi connectivity index (χ1n) is 8.18. The standard InChI is InChI=1S/C17H17Cl2F3N4O2S/c1-8(2)26(4)29-24-16(28)10-5-9(11(18)6-12(10)19)15-13(27)7-14(17(20,21)22)25(3)23-15/h5-8H,1-4H3,(H,24,28). The molecule has 0 fully saturated rings. The van der Waals surface area contributed by atoms with Crippen LogP contribution < -0.4 is 10.2 Å². The number of halogens is 5. The summed E-state index contributed by atoms with van der Waals surface area (Å²) in [5.41, 5.74) is -2.53. The molecule has 1 amide bonds. The Balaban J connectivity index is 2.48. The molecular formula is C17H17Cl2F3N4O2S. The van der Waals surface area contributed by atoms with Crippen molar-refractivity contribution in [3.05, 3.63) is 49.7 Å². The molecule has 6 nitrogen and oxygen atoms in total. The molecule has 12 heteroatoms. The number of hydrogen-bond acceptors (Lipinski definition) is 5. The maximum atomic E-state index is 13.0. The molecule has 1 heterocycles. The first kappa shape index (κ1) is 23.5. The summed E-state index contributed by atoms with van der Waals surface area (Å²) in [6.45, 7) is 3.86. The second kappa shape index (κ2) is 8.95. The summed E-state index contributed by atoms with van der Waals surface area (Å²) in [6, 6.07) is 3.05. The molecule has 0 unspecified atom stereocenters. The van der Waals surface area contributed by atoms with Crippen LogP contribution in [0.25, 0.3) is 11.3 Å². The van der Waals surface area contributed by atoms with Crippen LogP contribution >= 0.6 is 35.3 Å². The van der Waals surface area contributed by atoms with Crippen molar-refractivity contribution in [2.24, 2.45) is 7.05 Å². The molecule has 0 aliphatic carbocycles. The van der Waals surface area contributed by atoms with Crippen molar-refractivity contribution < 1.29 is 18.0 Å². The summed E-state index contributed by atoms with van der Waals surface area (Å²) < 4.78 is 43.8. The maximum absolute atomic E-state index is 13.0. The van der Waals surface area contributed by atoms with E-state index in [4.69, 9.17) is 23.2 Å². The molecular weight excluding hydrogens is 452 g/mol. The number of aryl methyl sites for hydroxylation is 1. The van der Waals surface area contributed by atoms with E-state index in [1.54, 1.807) is 11.4 Å². The van der Waals surface area contributed by atoms with Gasteiger partial charge in [-0.2, -0.15) is 18.3 Å². The van der Waals surface area contributed by atoms with Gasteiger partial charge in [0.2, 0.25) is 5.43 Å². The highest BCUT2D eigenvalue weighted by Gasteiger charge is 2.34. The average Bonchev–Trinajstić information content (AvgIpc) is 2.60. The third kappa shape index (κ3) is 5.44. The van der Waals surface area contributed by atoms with Gasteiger partial charge in [0.25, 0.3) is 5.91 Å². The van der Waals surface area contributed by atoms with Crippen LogP contribution in [0.4, 0.5) is 13.2 Å². The number of carbonyl (C=O) groups is 1. The lowest BCUT2D eigenvalue weighted by atomic mass is 10.1. The van der Waals surface area contributed by atoms with Crippen LogP contribution in [0, 0.1) is 0 Å². The van der Waals surface area contributed by atoms with E-state index in [0.29, 0.717) is 10.7 Å². The molecule has 0 spiro atoms. The molecule has 158 valence electrons. The Bertz CT molecular complexity index is 996. The first-order valence-corrected chi connectivity index (χ1v) is 9.71. The zero-order valence-electron chi connectivity index (χ0n) is 15.8. The summed E-state index contributed by atoms with van der Waals surface area (Å²) >= 11 is 13.3. The van der Waals surface area contributed by atoms with Crippen molar-refractivity contribution in [2.75, 3.05) is 7.05 Å². The minimum Gasteiger partial charge on any atom is -0.287 e. The molecule has 2 rings (SSSR count). The number of carbonyl (C=O) groups excluding carboxylic acids is 1. The molecule has 29 heavy (non-hydrogen) atoms. The Labute approximate surface area is 179 Å². The quantitative estimate of drug-likeness (QED) is 0.658. The summed E-state index contributed by atoms with van der Waals surface area (Å²) in [6.07, 6.45) is -4.74. The average molecular weight is 469 g/mol. The van der Waals surface area contributed by atoms with Gasteiger partial charge in [-0.25, -0.2) is 4.31 Å². The van der Waals surface area contributed by atoms with E-state index in [0.717, 1.165) is 19.2 Å². The molecule has 0 saturated carbocycles. The van der Waals surface area contributed by atoms with Crippen molar-refractivity contribution in [3.8, 4) is 11.3 Å². The lowest BCUT2D eigenvalue weighted by Crippen LogP contribution is -2.27. The van der Waals surface area contributed by atoms with Gasteiger partial charge in [-0.05, 0) is 33.0 Å². The Morgan fingerprint density at radius 3 is 2.41 bits per heavy atom. The monoisotopic (exact) mass is 468 g/mol. The smallest absolute Gasteiger partial charge is 0.287 e. The van der Waals surface area contributed by atoms with Crippen LogP contribution in [0.5, 0.6) is 0 Å². The van der Waals surface area contributed by atoms with Gasteiger partial charge in [-0.1, -0.05) is 23.2 Å². The third-order valence-corrected chi connectivity index (χ3v) is 5.57. The highest BCUT2D eigenvalue weighted by molar-refractivity contribution is 7.95. The zero-order valence-corrected chi connectivity index (χ0v) is 18.1. The zero-order chi connectivity index (χ0) is 22.1. The van der Waals surface area contributed by atoms with Gasteiger partial charge in [-0.3, -0.25) is 19.0 Å². The Morgan fingerprint density at radius 1 is 1.24 bits per heavy atom. The van der Waals surface area contributed by atoms with E-state index in [1.807, 2.05) is 13.8 Å². The second-order valence-electron chi connectivity index (χ2n) is 6.34. The number of nitrogens with zero attached hydrogens (tertiary/aromatic N) is 3. The fourth-order valence-electron chi connectivity index (χ4n) is 2.17. The van der Waals surface area contributed by atoms with Crippen LogP contribution in [-0.4, -0.2) is 33.1 Å². The predicted octanol–water partition coefficient (Wildman–Crippen LogP) is 4.41. The van der Waals surface area contributed by atoms with Crippen LogP contribution in [0.1, 0.15) is 29.9 Å². The number of alkyl halides is 3. The number of aromatic nitrogens is 2. The van der Waals surface area contributed by atoms with Crippen LogP contribution in [0.15, 0.2) is 23.0 Å². The fraction of sp³-hybridized carbons (Fsp3) is 0.353. The molecule has 0 saturated heterocycles. The number of rotatable bonds is 5. The SMILES string of the molecule is CC(C)N(C)SNC(=O)c1cc(-c2nn(C)c(C(F)(F)F)cc2=O)c(Cl)cc1Cl. The molecule has 0 aliphatic heterocycles. The molecule has 2 aromatic rings. The van der Waals surface area contributed by atoms with E-state index < -0.39 is 23.2 Å². The number of benzene rings is 1. The first-order chi connectivity index (χ1) is 13.3. The summed E-state index contributed by atoms with van der Waals surface area (Å²) in [7, 11) is 2.84. The van der Waals surface area contributed by atoms with Crippen LogP contribution in [-0.2, 0) is 13.2 Å². The summed E-state index contributed by atoms with van der Waals surface area (Å²) in [4.78, 5) is 24.8. The Hall–Kier alpha value is -1.75. The fourth-order valence-corrected chi connectivity index (χ4v) is 3.28. The van der Waals surface area contributed by atoms with Gasteiger partial charge < -0.3 is 0 Å². The van der Waals surface area contributed by atoms with Gasteiger partial charge in [0.1, 0.15) is 11.4 Å². The Morgan fingerprint density at radius 2 is 1.86 bits per heavy atom. The number of hydrogen-bond donors (Lipinski definition) is 1. The molecule has 0 radical (unpaired) electrons. The molecule has 0 aliphatic rings. The highest BCUT2D eigenvalue weighted by atomic mass is 35.5. The minimum atomic E-state index is -4.74. The van der Waals surface area contributed by atoms with Crippen LogP contribution in [0.3, 0.4) is 0 Å². The van der Waals surface area contributed by atoms with Crippen LogP contribution in [0.2, 0.25) is 10.0 Å². The lowest BCUT2D eigenvalue weighted by molar-refractivity contribution is -0.144. The van der Waals surface area contributed by atoms with E-state index in [-0.39, 0.29) is 32.9 Å². The van der Waals surface area contributed by atoms with E-state index in [9.17, 15) is 22.8 Å². The molecule has 1 N–H and O–H groups in total. The van der Waals surface area contributed by atoms with Crippen molar-refractivity contribution in [3.63, 3.8) is 0 Å².